The van der Waals surface area contributed by atoms with Gasteiger partial charge in [-0.05, 0) is 42.8 Å². The summed E-state index contributed by atoms with van der Waals surface area (Å²) in [5.74, 6) is 1.30. The Kier molecular flexibility index (Phi) is 5.80. The van der Waals surface area contributed by atoms with Gasteiger partial charge in [-0.3, -0.25) is 4.79 Å². The van der Waals surface area contributed by atoms with Crippen LogP contribution in [0, 0.1) is 0 Å². The number of carbonyl (C=O) groups excluding carboxylic acids is 1. The van der Waals surface area contributed by atoms with Gasteiger partial charge < -0.3 is 14.4 Å². The summed E-state index contributed by atoms with van der Waals surface area (Å²) >= 11 is 0. The van der Waals surface area contributed by atoms with Crippen LogP contribution in [0.25, 0.3) is 6.08 Å². The highest BCUT2D eigenvalue weighted by atomic mass is 16.5. The largest absolute Gasteiger partial charge is 0.497 e. The minimum atomic E-state index is -0.0690. The molecule has 0 bridgehead atoms. The predicted molar refractivity (Wildman–Crippen MR) is 93.0 cm³/mol. The second-order valence-electron chi connectivity index (χ2n) is 4.90. The van der Waals surface area contributed by atoms with Crippen molar-refractivity contribution in [3.63, 3.8) is 0 Å². The van der Waals surface area contributed by atoms with Gasteiger partial charge in [0.05, 0.1) is 14.2 Å². The molecule has 0 aromatic heterocycles. The topological polar surface area (TPSA) is 38.8 Å². The zero-order valence-electron chi connectivity index (χ0n) is 13.7. The number of rotatable bonds is 6. The number of nitrogens with zero attached hydrogens (tertiary/aromatic N) is 1. The summed E-state index contributed by atoms with van der Waals surface area (Å²) in [4.78, 5) is 14.1. The summed E-state index contributed by atoms with van der Waals surface area (Å²) in [5, 5.41) is 0. The van der Waals surface area contributed by atoms with E-state index in [9.17, 15) is 4.79 Å². The molecule has 0 saturated carbocycles. The van der Waals surface area contributed by atoms with Gasteiger partial charge in [-0.1, -0.05) is 18.2 Å². The molecule has 0 aliphatic rings. The Morgan fingerprint density at radius 2 is 1.65 bits per heavy atom. The Bertz CT molecular complexity index is 658. The molecule has 0 aliphatic heterocycles. The van der Waals surface area contributed by atoms with Crippen LogP contribution in [0.1, 0.15) is 12.5 Å². The van der Waals surface area contributed by atoms with Crippen molar-refractivity contribution in [1.29, 1.82) is 0 Å². The van der Waals surface area contributed by atoms with Crippen molar-refractivity contribution < 1.29 is 14.3 Å². The first-order valence-corrected chi connectivity index (χ1v) is 7.45. The molecule has 0 atom stereocenters. The van der Waals surface area contributed by atoms with Crippen molar-refractivity contribution in [3.05, 3.63) is 60.2 Å². The molecule has 2 aromatic rings. The summed E-state index contributed by atoms with van der Waals surface area (Å²) in [6.45, 7) is 2.56. The van der Waals surface area contributed by atoms with E-state index < -0.39 is 0 Å². The second-order valence-corrected chi connectivity index (χ2v) is 4.90. The van der Waals surface area contributed by atoms with Crippen LogP contribution in [0.4, 0.5) is 5.69 Å². The number of methoxy groups -OCH3 is 2. The van der Waals surface area contributed by atoms with Crippen LogP contribution in [0.2, 0.25) is 0 Å². The van der Waals surface area contributed by atoms with Crippen molar-refractivity contribution in [3.8, 4) is 11.5 Å². The maximum absolute atomic E-state index is 12.4. The van der Waals surface area contributed by atoms with E-state index in [1.807, 2.05) is 49.4 Å². The third-order valence-electron chi connectivity index (χ3n) is 3.44. The molecule has 0 heterocycles. The van der Waals surface area contributed by atoms with E-state index in [0.717, 1.165) is 11.3 Å². The van der Waals surface area contributed by atoms with Gasteiger partial charge in [0.1, 0.15) is 11.5 Å². The number of anilines is 1. The molecule has 4 heteroatoms. The Morgan fingerprint density at radius 3 is 2.17 bits per heavy atom. The standard InChI is InChI=1S/C19H21NO3/c1-4-20(16-8-6-5-7-9-16)19(21)11-10-15-12-17(22-2)14-18(13-15)23-3/h5-14H,4H2,1-3H3/b11-10+. The second kappa shape index (κ2) is 8.03. The highest BCUT2D eigenvalue weighted by Gasteiger charge is 2.10. The van der Waals surface area contributed by atoms with E-state index in [2.05, 4.69) is 0 Å². The molecule has 0 aliphatic carbocycles. The SMILES string of the molecule is CCN(C(=O)/C=C/c1cc(OC)cc(OC)c1)c1ccccc1. The maximum atomic E-state index is 12.4. The van der Waals surface area contributed by atoms with Crippen molar-refractivity contribution in [2.75, 3.05) is 25.7 Å². The van der Waals surface area contributed by atoms with Crippen LogP contribution in [-0.2, 0) is 4.79 Å². The molecule has 120 valence electrons. The van der Waals surface area contributed by atoms with E-state index in [4.69, 9.17) is 9.47 Å². The summed E-state index contributed by atoms with van der Waals surface area (Å²) in [5.41, 5.74) is 1.73. The van der Waals surface area contributed by atoms with Crippen LogP contribution >= 0.6 is 0 Å². The maximum Gasteiger partial charge on any atom is 0.250 e. The van der Waals surface area contributed by atoms with Crippen LogP contribution in [0.5, 0.6) is 11.5 Å². The van der Waals surface area contributed by atoms with Gasteiger partial charge in [0.25, 0.3) is 5.91 Å². The number of benzene rings is 2. The zero-order chi connectivity index (χ0) is 16.7. The lowest BCUT2D eigenvalue weighted by Crippen LogP contribution is -2.28. The first kappa shape index (κ1) is 16.6. The van der Waals surface area contributed by atoms with Crippen molar-refractivity contribution in [1.82, 2.24) is 0 Å². The molecule has 0 unspecified atom stereocenters. The van der Waals surface area contributed by atoms with Gasteiger partial charge in [-0.2, -0.15) is 0 Å². The summed E-state index contributed by atoms with van der Waals surface area (Å²) in [7, 11) is 3.20. The normalized spacial score (nSPS) is 10.6. The molecule has 0 fully saturated rings. The molecule has 1 amide bonds. The number of amides is 1. The number of para-hydroxylation sites is 1. The number of ether oxygens (including phenoxy) is 2. The number of hydrogen-bond donors (Lipinski definition) is 0. The monoisotopic (exact) mass is 311 g/mol. The molecule has 0 saturated heterocycles. The third kappa shape index (κ3) is 4.36. The first-order valence-electron chi connectivity index (χ1n) is 7.45. The fourth-order valence-electron chi connectivity index (χ4n) is 2.26. The Morgan fingerprint density at radius 1 is 1.04 bits per heavy atom. The smallest absolute Gasteiger partial charge is 0.250 e. The lowest BCUT2D eigenvalue weighted by Gasteiger charge is -2.19. The molecule has 0 spiro atoms. The average molecular weight is 311 g/mol. The van der Waals surface area contributed by atoms with E-state index >= 15 is 0 Å². The molecular weight excluding hydrogens is 290 g/mol. The summed E-state index contributed by atoms with van der Waals surface area (Å²) in [6.07, 6.45) is 3.32. The first-order chi connectivity index (χ1) is 11.2. The van der Waals surface area contributed by atoms with Gasteiger partial charge in [0.15, 0.2) is 0 Å². The van der Waals surface area contributed by atoms with Crippen LogP contribution in [0.15, 0.2) is 54.6 Å². The Hall–Kier alpha value is -2.75. The van der Waals surface area contributed by atoms with Gasteiger partial charge >= 0.3 is 0 Å². The molecule has 2 aromatic carbocycles. The quantitative estimate of drug-likeness (QED) is 0.762. The molecule has 4 nitrogen and oxygen atoms in total. The average Bonchev–Trinajstić information content (AvgIpc) is 2.61. The van der Waals surface area contributed by atoms with Gasteiger partial charge in [0.2, 0.25) is 0 Å². The van der Waals surface area contributed by atoms with Gasteiger partial charge in [0, 0.05) is 24.4 Å². The minimum Gasteiger partial charge on any atom is -0.497 e. The van der Waals surface area contributed by atoms with Crippen LogP contribution < -0.4 is 14.4 Å². The predicted octanol–water partition coefficient (Wildman–Crippen LogP) is 3.77. The van der Waals surface area contributed by atoms with E-state index in [-0.39, 0.29) is 5.91 Å². The van der Waals surface area contributed by atoms with Crippen molar-refractivity contribution in [2.24, 2.45) is 0 Å². The highest BCUT2D eigenvalue weighted by molar-refractivity contribution is 6.03. The van der Waals surface area contributed by atoms with Crippen molar-refractivity contribution in [2.45, 2.75) is 6.92 Å². The fraction of sp³-hybridized carbons (Fsp3) is 0.211. The molecule has 0 N–H and O–H groups in total. The van der Waals surface area contributed by atoms with E-state index in [0.29, 0.717) is 18.0 Å². The highest BCUT2D eigenvalue weighted by Crippen LogP contribution is 2.23. The van der Waals surface area contributed by atoms with Crippen molar-refractivity contribution >= 4 is 17.7 Å². The number of likely N-dealkylation sites (N-methyl/N-ethyl adjacent to an activating group) is 1. The Labute approximate surface area is 137 Å². The zero-order valence-corrected chi connectivity index (χ0v) is 13.7. The summed E-state index contributed by atoms with van der Waals surface area (Å²) in [6, 6.07) is 15.1. The summed E-state index contributed by atoms with van der Waals surface area (Å²) < 4.78 is 10.5. The molecule has 2 rings (SSSR count). The minimum absolute atomic E-state index is 0.0690. The van der Waals surface area contributed by atoms with Crippen LogP contribution in [0.3, 0.4) is 0 Å². The fourth-order valence-corrected chi connectivity index (χ4v) is 2.26. The number of hydrogen-bond acceptors (Lipinski definition) is 3. The molecule has 0 radical (unpaired) electrons. The lowest BCUT2D eigenvalue weighted by molar-refractivity contribution is -0.114. The van der Waals surface area contributed by atoms with Gasteiger partial charge in [-0.25, -0.2) is 0 Å². The number of carbonyl (C=O) groups is 1. The van der Waals surface area contributed by atoms with E-state index in [1.165, 1.54) is 0 Å². The van der Waals surface area contributed by atoms with E-state index in [1.54, 1.807) is 37.3 Å². The Balaban J connectivity index is 2.20. The van der Waals surface area contributed by atoms with Gasteiger partial charge in [-0.15, -0.1) is 0 Å². The van der Waals surface area contributed by atoms with Crippen LogP contribution in [-0.4, -0.2) is 26.7 Å². The molecular formula is C19H21NO3. The molecule has 23 heavy (non-hydrogen) atoms. The third-order valence-corrected chi connectivity index (χ3v) is 3.44. The lowest BCUT2D eigenvalue weighted by atomic mass is 10.2.